The Morgan fingerprint density at radius 3 is 2.48 bits per heavy atom. The fourth-order valence-corrected chi connectivity index (χ4v) is 4.62. The number of ether oxygens (including phenoxy) is 1. The highest BCUT2D eigenvalue weighted by atomic mass is 19.1. The van der Waals surface area contributed by atoms with Gasteiger partial charge in [-0.15, -0.1) is 0 Å². The Hall–Kier alpha value is -3.28. The molecule has 2 unspecified atom stereocenters. The largest absolute Gasteiger partial charge is 0.463 e. The van der Waals surface area contributed by atoms with Crippen LogP contribution in [0.3, 0.4) is 0 Å². The van der Waals surface area contributed by atoms with Gasteiger partial charge in [0.1, 0.15) is 5.82 Å². The summed E-state index contributed by atoms with van der Waals surface area (Å²) in [6, 6.07) is 15.1. The van der Waals surface area contributed by atoms with Gasteiger partial charge in [0.25, 0.3) is 0 Å². The summed E-state index contributed by atoms with van der Waals surface area (Å²) in [6.45, 7) is 1.91. The van der Waals surface area contributed by atoms with Crippen molar-refractivity contribution in [2.24, 2.45) is 5.41 Å². The third kappa shape index (κ3) is 3.78. The Labute approximate surface area is 180 Å². The normalized spacial score (nSPS) is 23.6. The molecule has 2 aromatic carbocycles. The van der Waals surface area contributed by atoms with Crippen LogP contribution in [0.25, 0.3) is 0 Å². The number of carbonyl (C=O) groups is 3. The van der Waals surface area contributed by atoms with Crippen LogP contribution in [0.4, 0.5) is 10.1 Å². The molecule has 2 aliphatic rings. The minimum absolute atomic E-state index is 0.0177. The van der Waals surface area contributed by atoms with Gasteiger partial charge in [-0.2, -0.15) is 0 Å². The molecule has 31 heavy (non-hydrogen) atoms. The molecule has 0 bridgehead atoms. The predicted molar refractivity (Wildman–Crippen MR) is 114 cm³/mol. The molecule has 0 saturated carbocycles. The Balaban J connectivity index is 1.77. The van der Waals surface area contributed by atoms with Crippen molar-refractivity contribution >= 4 is 23.5 Å². The molecular weight excluding hydrogens is 397 g/mol. The smallest absolute Gasteiger partial charge is 0.334 e. The first-order valence-electron chi connectivity index (χ1n) is 10.5. The van der Waals surface area contributed by atoms with Crippen LogP contribution in [0, 0.1) is 11.2 Å². The lowest BCUT2D eigenvalue weighted by atomic mass is 9.64. The zero-order valence-electron chi connectivity index (χ0n) is 17.3. The van der Waals surface area contributed by atoms with Crippen molar-refractivity contribution in [3.8, 4) is 0 Å². The van der Waals surface area contributed by atoms with E-state index in [1.165, 1.54) is 24.3 Å². The van der Waals surface area contributed by atoms with E-state index in [4.69, 9.17) is 4.74 Å². The number of piperidine rings is 1. The van der Waals surface area contributed by atoms with Crippen LogP contribution in [0.5, 0.6) is 0 Å². The second kappa shape index (κ2) is 8.46. The summed E-state index contributed by atoms with van der Waals surface area (Å²) in [7, 11) is 0. The second-order valence-corrected chi connectivity index (χ2v) is 7.95. The molecule has 1 saturated heterocycles. The standard InChI is InChI=1S/C25H24FNO4/c1-2-31-23(29)21-16-18(17-6-4-3-5-7-17)12-14-25(21)15-13-22(28)27(24(25)30)20-10-8-19(26)9-11-20/h3-11,16,18H,2,12-15H2,1H3. The van der Waals surface area contributed by atoms with Crippen LogP contribution in [0.15, 0.2) is 66.2 Å². The second-order valence-electron chi connectivity index (χ2n) is 7.95. The van der Waals surface area contributed by atoms with Crippen LogP contribution in [-0.2, 0) is 19.1 Å². The number of halogens is 1. The molecule has 1 aliphatic heterocycles. The Bertz CT molecular complexity index is 1030. The monoisotopic (exact) mass is 421 g/mol. The predicted octanol–water partition coefficient (Wildman–Crippen LogP) is 4.53. The summed E-state index contributed by atoms with van der Waals surface area (Å²) in [4.78, 5) is 40.5. The van der Waals surface area contributed by atoms with E-state index in [0.717, 1.165) is 10.5 Å². The molecule has 1 heterocycles. The van der Waals surface area contributed by atoms with Crippen LogP contribution in [0.2, 0.25) is 0 Å². The van der Waals surface area contributed by atoms with E-state index in [1.54, 1.807) is 6.92 Å². The molecule has 2 amide bonds. The number of allylic oxidation sites excluding steroid dienone is 1. The van der Waals surface area contributed by atoms with Crippen molar-refractivity contribution in [2.75, 3.05) is 11.5 Å². The van der Waals surface area contributed by atoms with E-state index in [0.29, 0.717) is 24.1 Å². The van der Waals surface area contributed by atoms with Gasteiger partial charge in [0.15, 0.2) is 0 Å². The maximum atomic E-state index is 13.7. The highest BCUT2D eigenvalue weighted by Crippen LogP contribution is 2.50. The first-order chi connectivity index (χ1) is 15.0. The number of hydrogen-bond acceptors (Lipinski definition) is 4. The average molecular weight is 421 g/mol. The number of esters is 1. The summed E-state index contributed by atoms with van der Waals surface area (Å²) in [5, 5.41) is 0. The molecule has 0 aromatic heterocycles. The molecular formula is C25H24FNO4. The maximum absolute atomic E-state index is 13.7. The number of amides is 2. The maximum Gasteiger partial charge on any atom is 0.334 e. The molecule has 1 fully saturated rings. The Kier molecular flexibility index (Phi) is 5.72. The lowest BCUT2D eigenvalue weighted by Gasteiger charge is -2.44. The van der Waals surface area contributed by atoms with Crippen molar-refractivity contribution < 1.29 is 23.5 Å². The number of rotatable bonds is 4. The van der Waals surface area contributed by atoms with E-state index in [-0.39, 0.29) is 31.3 Å². The number of imide groups is 1. The molecule has 2 aromatic rings. The minimum atomic E-state index is -1.13. The molecule has 4 rings (SSSR count). The topological polar surface area (TPSA) is 63.7 Å². The van der Waals surface area contributed by atoms with E-state index in [1.807, 2.05) is 36.4 Å². The summed E-state index contributed by atoms with van der Waals surface area (Å²) in [5.41, 5.74) is 0.566. The first-order valence-corrected chi connectivity index (χ1v) is 10.5. The molecule has 1 spiro atoms. The lowest BCUT2D eigenvalue weighted by molar-refractivity contribution is -0.145. The van der Waals surface area contributed by atoms with Gasteiger partial charge in [-0.1, -0.05) is 36.4 Å². The van der Waals surface area contributed by atoms with Crippen LogP contribution in [-0.4, -0.2) is 24.4 Å². The quantitative estimate of drug-likeness (QED) is 0.537. The number of nitrogens with zero attached hydrogens (tertiary/aromatic N) is 1. The zero-order valence-corrected chi connectivity index (χ0v) is 17.3. The minimum Gasteiger partial charge on any atom is -0.463 e. The number of carbonyl (C=O) groups excluding carboxylic acids is 3. The number of anilines is 1. The average Bonchev–Trinajstić information content (AvgIpc) is 2.79. The molecule has 0 N–H and O–H groups in total. The van der Waals surface area contributed by atoms with E-state index < -0.39 is 23.1 Å². The molecule has 0 radical (unpaired) electrons. The van der Waals surface area contributed by atoms with Gasteiger partial charge in [-0.05, 0) is 56.0 Å². The summed E-state index contributed by atoms with van der Waals surface area (Å²) >= 11 is 0. The Morgan fingerprint density at radius 1 is 1.10 bits per heavy atom. The van der Waals surface area contributed by atoms with Gasteiger partial charge in [0, 0.05) is 17.9 Å². The SMILES string of the molecule is CCOC(=O)C1=CC(c2ccccc2)CCC12CCC(=O)N(c1ccc(F)cc1)C2=O. The lowest BCUT2D eigenvalue weighted by Crippen LogP contribution is -2.54. The van der Waals surface area contributed by atoms with Gasteiger partial charge in [0.2, 0.25) is 11.8 Å². The summed E-state index contributed by atoms with van der Waals surface area (Å²) in [6.07, 6.45) is 3.32. The summed E-state index contributed by atoms with van der Waals surface area (Å²) < 4.78 is 18.7. The van der Waals surface area contributed by atoms with Crippen LogP contribution >= 0.6 is 0 Å². The molecule has 5 nitrogen and oxygen atoms in total. The van der Waals surface area contributed by atoms with E-state index in [2.05, 4.69) is 0 Å². The third-order valence-electron chi connectivity index (χ3n) is 6.20. The molecule has 6 heteroatoms. The zero-order chi connectivity index (χ0) is 22.0. The molecule has 2 atom stereocenters. The highest BCUT2D eigenvalue weighted by Gasteiger charge is 2.53. The molecule has 160 valence electrons. The van der Waals surface area contributed by atoms with E-state index >= 15 is 0 Å². The van der Waals surface area contributed by atoms with Gasteiger partial charge >= 0.3 is 5.97 Å². The number of benzene rings is 2. The van der Waals surface area contributed by atoms with Gasteiger partial charge in [-0.3, -0.25) is 9.59 Å². The third-order valence-corrected chi connectivity index (χ3v) is 6.20. The van der Waals surface area contributed by atoms with Crippen LogP contribution in [0.1, 0.15) is 44.1 Å². The van der Waals surface area contributed by atoms with Gasteiger partial charge in [0.05, 0.1) is 17.7 Å². The first kappa shape index (κ1) is 21.0. The summed E-state index contributed by atoms with van der Waals surface area (Å²) in [5.74, 6) is -1.79. The fraction of sp³-hybridized carbons (Fsp3) is 0.320. The van der Waals surface area contributed by atoms with Crippen LogP contribution < -0.4 is 4.90 Å². The van der Waals surface area contributed by atoms with Crippen molar-refractivity contribution in [1.82, 2.24) is 0 Å². The highest BCUT2D eigenvalue weighted by molar-refractivity contribution is 6.21. The van der Waals surface area contributed by atoms with Gasteiger partial charge in [-0.25, -0.2) is 14.1 Å². The van der Waals surface area contributed by atoms with Crippen molar-refractivity contribution in [3.05, 3.63) is 77.6 Å². The van der Waals surface area contributed by atoms with Gasteiger partial charge < -0.3 is 4.74 Å². The van der Waals surface area contributed by atoms with Crippen molar-refractivity contribution in [2.45, 2.75) is 38.5 Å². The Morgan fingerprint density at radius 2 is 1.81 bits per heavy atom. The molecule has 1 aliphatic carbocycles. The fourth-order valence-electron chi connectivity index (χ4n) is 4.62. The van der Waals surface area contributed by atoms with E-state index in [9.17, 15) is 18.8 Å². The number of hydrogen-bond donors (Lipinski definition) is 0. The van der Waals surface area contributed by atoms with Crippen molar-refractivity contribution in [3.63, 3.8) is 0 Å². The van der Waals surface area contributed by atoms with Crippen molar-refractivity contribution in [1.29, 1.82) is 0 Å².